The molecule has 1 saturated heterocycles. The van der Waals surface area contributed by atoms with Gasteiger partial charge in [0.2, 0.25) is 0 Å². The third-order valence-electron chi connectivity index (χ3n) is 6.23. The summed E-state index contributed by atoms with van der Waals surface area (Å²) in [5.41, 5.74) is 6.53. The third-order valence-corrected chi connectivity index (χ3v) is 7.17. The number of carbonyl (C=O) groups excluding carboxylic acids is 1. The number of halogens is 3. The van der Waals surface area contributed by atoms with Crippen LogP contribution in [0.5, 0.6) is 0 Å². The molecular weight excluding hydrogens is 545 g/mol. The van der Waals surface area contributed by atoms with Crippen LogP contribution in [-0.4, -0.2) is 78.1 Å². The lowest BCUT2D eigenvalue weighted by Gasteiger charge is -2.32. The van der Waals surface area contributed by atoms with Gasteiger partial charge in [-0.15, -0.1) is 0 Å². The van der Waals surface area contributed by atoms with Crippen LogP contribution in [0.2, 0.25) is 0 Å². The zero-order chi connectivity index (χ0) is 29.3. The Labute approximate surface area is 234 Å². The lowest BCUT2D eigenvalue weighted by Crippen LogP contribution is -2.44. The molecule has 1 aliphatic rings. The molecule has 0 unspecified atom stereocenters. The van der Waals surface area contributed by atoms with E-state index in [-0.39, 0.29) is 16.1 Å². The van der Waals surface area contributed by atoms with Gasteiger partial charge in [-0.1, -0.05) is 23.5 Å². The number of amides is 1. The number of benzene rings is 2. The summed E-state index contributed by atoms with van der Waals surface area (Å²) in [5.74, 6) is -1.43. The van der Waals surface area contributed by atoms with E-state index in [0.29, 0.717) is 10.8 Å². The normalized spacial score (nSPS) is 14.2. The highest BCUT2D eigenvalue weighted by molar-refractivity contribution is 7.17. The largest absolute Gasteiger partial charge is 0.477 e. The summed E-state index contributed by atoms with van der Waals surface area (Å²) in [6, 6.07) is 9.19. The summed E-state index contributed by atoms with van der Waals surface area (Å²) in [5, 5.41) is 15.1. The number of aryl methyl sites for hydroxylation is 1. The monoisotopic (exact) mass is 578 g/mol. The zero-order valence-electron chi connectivity index (χ0n) is 22.3. The highest BCUT2D eigenvalue weighted by Gasteiger charge is 2.30. The fourth-order valence-electron chi connectivity index (χ4n) is 3.78. The van der Waals surface area contributed by atoms with Crippen molar-refractivity contribution in [3.63, 3.8) is 0 Å². The number of hydrogen-bond acceptors (Lipinski definition) is 8. The van der Waals surface area contributed by atoms with Crippen LogP contribution in [0, 0.1) is 6.92 Å². The molecule has 40 heavy (non-hydrogen) atoms. The number of anilines is 3. The van der Waals surface area contributed by atoms with Gasteiger partial charge in [-0.2, -0.15) is 13.2 Å². The van der Waals surface area contributed by atoms with Crippen molar-refractivity contribution in [1.29, 1.82) is 0 Å². The molecule has 0 bridgehead atoms. The molecule has 2 aromatic carbocycles. The van der Waals surface area contributed by atoms with Crippen LogP contribution in [0.1, 0.15) is 37.6 Å². The number of carboxylic acids is 1. The van der Waals surface area contributed by atoms with Crippen molar-refractivity contribution in [3.8, 4) is 0 Å². The highest BCUT2D eigenvalue weighted by Crippen LogP contribution is 2.30. The van der Waals surface area contributed by atoms with E-state index < -0.39 is 23.6 Å². The molecule has 1 fully saturated rings. The summed E-state index contributed by atoms with van der Waals surface area (Å²) in [6.45, 7) is 8.26. The van der Waals surface area contributed by atoms with E-state index in [4.69, 9.17) is 10.8 Å². The molecule has 0 aliphatic carbocycles. The molecule has 0 atom stereocenters. The SMILES string of the molecule is CN1CCN(CCCNc2ncc(C(=O)O)s2)CC1.Cc1ccc(C(=O)Nc2cccc(C(F)(F)F)c2)cc1N. The number of piperazine rings is 1. The van der Waals surface area contributed by atoms with Gasteiger partial charge < -0.3 is 31.3 Å². The second kappa shape index (κ2) is 14.1. The fraction of sp³-hybridized carbons (Fsp3) is 0.370. The fourth-order valence-corrected chi connectivity index (χ4v) is 4.46. The first-order valence-electron chi connectivity index (χ1n) is 12.6. The van der Waals surface area contributed by atoms with Crippen molar-refractivity contribution >= 4 is 39.7 Å². The number of nitrogen functional groups attached to an aromatic ring is 1. The Hall–Kier alpha value is -3.68. The molecule has 2 heterocycles. The first-order chi connectivity index (χ1) is 18.9. The minimum atomic E-state index is -4.45. The van der Waals surface area contributed by atoms with E-state index in [9.17, 15) is 22.8 Å². The molecule has 0 saturated carbocycles. The number of carbonyl (C=O) groups is 2. The number of carboxylic acid groups (broad SMARTS) is 1. The van der Waals surface area contributed by atoms with E-state index in [2.05, 4.69) is 32.5 Å². The van der Waals surface area contributed by atoms with E-state index in [1.165, 1.54) is 35.7 Å². The summed E-state index contributed by atoms with van der Waals surface area (Å²) in [6.07, 6.45) is -2.00. The number of rotatable bonds is 8. The van der Waals surface area contributed by atoms with Crippen molar-refractivity contribution in [2.24, 2.45) is 0 Å². The predicted molar refractivity (Wildman–Crippen MR) is 151 cm³/mol. The topological polar surface area (TPSA) is 124 Å². The first-order valence-corrected chi connectivity index (χ1v) is 13.4. The van der Waals surface area contributed by atoms with Gasteiger partial charge in [0.05, 0.1) is 11.8 Å². The first kappa shape index (κ1) is 30.9. The molecule has 0 radical (unpaired) electrons. The van der Waals surface area contributed by atoms with Gasteiger partial charge in [0.25, 0.3) is 5.91 Å². The number of alkyl halides is 3. The molecule has 1 amide bonds. The smallest absolute Gasteiger partial charge is 0.416 e. The minimum Gasteiger partial charge on any atom is -0.477 e. The maximum Gasteiger partial charge on any atom is 0.416 e. The molecule has 13 heteroatoms. The molecule has 5 N–H and O–H groups in total. The van der Waals surface area contributed by atoms with Crippen molar-refractivity contribution in [1.82, 2.24) is 14.8 Å². The number of nitrogens with two attached hydrogens (primary N) is 1. The Morgan fingerprint density at radius 2 is 1.85 bits per heavy atom. The second-order valence-corrected chi connectivity index (χ2v) is 10.4. The number of nitrogens with one attached hydrogen (secondary N) is 2. The van der Waals surface area contributed by atoms with Crippen LogP contribution >= 0.6 is 11.3 Å². The van der Waals surface area contributed by atoms with Crippen LogP contribution in [0.25, 0.3) is 0 Å². The number of aromatic nitrogens is 1. The van der Waals surface area contributed by atoms with Crippen LogP contribution in [0.3, 0.4) is 0 Å². The van der Waals surface area contributed by atoms with Gasteiger partial charge in [-0.3, -0.25) is 4.79 Å². The number of nitrogens with zero attached hydrogens (tertiary/aromatic N) is 3. The molecule has 0 spiro atoms. The summed E-state index contributed by atoms with van der Waals surface area (Å²) >= 11 is 1.19. The van der Waals surface area contributed by atoms with E-state index in [0.717, 1.165) is 63.4 Å². The van der Waals surface area contributed by atoms with E-state index >= 15 is 0 Å². The van der Waals surface area contributed by atoms with Crippen molar-refractivity contribution in [3.05, 3.63) is 70.2 Å². The number of thiazole rings is 1. The molecule has 1 aliphatic heterocycles. The maximum absolute atomic E-state index is 12.6. The van der Waals surface area contributed by atoms with Gasteiger partial charge in [-0.25, -0.2) is 9.78 Å². The Kier molecular flexibility index (Phi) is 10.9. The second-order valence-electron chi connectivity index (χ2n) is 9.36. The molecule has 1 aromatic heterocycles. The molecule has 216 valence electrons. The average Bonchev–Trinajstić information content (AvgIpc) is 3.39. The highest BCUT2D eigenvalue weighted by atomic mass is 32.1. The van der Waals surface area contributed by atoms with Crippen LogP contribution in [-0.2, 0) is 6.18 Å². The quantitative estimate of drug-likeness (QED) is 0.223. The predicted octanol–water partition coefficient (Wildman–Crippen LogP) is 4.74. The number of aromatic carboxylic acids is 1. The minimum absolute atomic E-state index is 0.0778. The molecule has 3 aromatic rings. The van der Waals surface area contributed by atoms with Crippen molar-refractivity contribution in [2.75, 3.05) is 62.7 Å². The third kappa shape index (κ3) is 9.50. The molecule has 4 rings (SSSR count). The zero-order valence-corrected chi connectivity index (χ0v) is 23.1. The summed E-state index contributed by atoms with van der Waals surface area (Å²) in [7, 11) is 2.15. The van der Waals surface area contributed by atoms with Crippen LogP contribution in [0.15, 0.2) is 48.7 Å². The Morgan fingerprint density at radius 3 is 2.48 bits per heavy atom. The van der Waals surface area contributed by atoms with Gasteiger partial charge in [0.1, 0.15) is 4.88 Å². The van der Waals surface area contributed by atoms with Gasteiger partial charge in [0, 0.05) is 49.7 Å². The number of likely N-dealkylation sites (N-methyl/N-ethyl adjacent to an activating group) is 1. The molecule has 9 nitrogen and oxygen atoms in total. The Morgan fingerprint density at radius 1 is 1.12 bits per heavy atom. The van der Waals surface area contributed by atoms with Crippen molar-refractivity contribution in [2.45, 2.75) is 19.5 Å². The van der Waals surface area contributed by atoms with Crippen LogP contribution in [0.4, 0.5) is 29.7 Å². The Balaban J connectivity index is 0.000000222. The maximum atomic E-state index is 12.6. The van der Waals surface area contributed by atoms with Gasteiger partial charge in [0.15, 0.2) is 5.13 Å². The average molecular weight is 579 g/mol. The van der Waals surface area contributed by atoms with E-state index in [1.807, 2.05) is 0 Å². The molecular formula is C27H33F3N6O3S. The van der Waals surface area contributed by atoms with Gasteiger partial charge >= 0.3 is 12.1 Å². The Bertz CT molecular complexity index is 1290. The van der Waals surface area contributed by atoms with E-state index in [1.54, 1.807) is 19.1 Å². The lowest BCUT2D eigenvalue weighted by atomic mass is 10.1. The summed E-state index contributed by atoms with van der Waals surface area (Å²) < 4.78 is 37.8. The number of hydrogen-bond donors (Lipinski definition) is 4. The standard InChI is InChI=1S/C15H13F3N2O.C12H20N4O2S/c1-9-5-6-10(7-13(9)19)14(21)20-12-4-2-3-11(8-12)15(16,17)18;1-15-5-7-16(8-6-15)4-2-3-13-12-14-9-10(19-12)11(17)18/h2-8H,19H2,1H3,(H,20,21);9H,2-8H2,1H3,(H,13,14)(H,17,18). The van der Waals surface area contributed by atoms with Crippen molar-refractivity contribution < 1.29 is 27.9 Å². The lowest BCUT2D eigenvalue weighted by molar-refractivity contribution is -0.137. The summed E-state index contributed by atoms with van der Waals surface area (Å²) in [4.78, 5) is 31.8. The van der Waals surface area contributed by atoms with Gasteiger partial charge in [-0.05, 0) is 62.8 Å². The van der Waals surface area contributed by atoms with Crippen LogP contribution < -0.4 is 16.4 Å².